The number of carbonyl (C=O) groups is 1. The molecule has 1 fully saturated rings. The molecule has 18 heavy (non-hydrogen) atoms. The maximum absolute atomic E-state index is 11.9. The van der Waals surface area contributed by atoms with Crippen molar-refractivity contribution in [2.24, 2.45) is 5.92 Å². The molecule has 0 spiro atoms. The Morgan fingerprint density at radius 2 is 1.83 bits per heavy atom. The van der Waals surface area contributed by atoms with Crippen LogP contribution < -0.4 is 10.6 Å². The molecule has 2 amide bonds. The van der Waals surface area contributed by atoms with E-state index in [0.29, 0.717) is 0 Å². The fraction of sp³-hybridized carbons (Fsp3) is 0.909. The number of aliphatic hydroxyl groups is 1. The standard InChI is InChI=1S/C11H19F3N2O2/c12-11(13,14)5-6-15-10(18)16-9-3-1-8(7-17)2-4-9/h8-9,17H,1-7H2,(H2,15,16,18). The molecular weight excluding hydrogens is 249 g/mol. The summed E-state index contributed by atoms with van der Waals surface area (Å²) in [6.07, 6.45) is -2.06. The van der Waals surface area contributed by atoms with Crippen LogP contribution in [0.15, 0.2) is 0 Å². The third-order valence-electron chi connectivity index (χ3n) is 3.13. The number of halogens is 3. The summed E-state index contributed by atoms with van der Waals surface area (Å²) in [5, 5.41) is 13.8. The topological polar surface area (TPSA) is 61.4 Å². The largest absolute Gasteiger partial charge is 0.396 e. The average Bonchev–Trinajstić information content (AvgIpc) is 2.28. The molecule has 0 atom stereocenters. The molecule has 0 bridgehead atoms. The van der Waals surface area contributed by atoms with Gasteiger partial charge in [-0.15, -0.1) is 0 Å². The third kappa shape index (κ3) is 6.09. The fourth-order valence-corrected chi connectivity index (χ4v) is 2.04. The van der Waals surface area contributed by atoms with Crippen LogP contribution in [0.5, 0.6) is 0 Å². The molecule has 0 aliphatic heterocycles. The van der Waals surface area contributed by atoms with E-state index in [2.05, 4.69) is 10.6 Å². The summed E-state index contributed by atoms with van der Waals surface area (Å²) in [7, 11) is 0. The Morgan fingerprint density at radius 1 is 1.22 bits per heavy atom. The lowest BCUT2D eigenvalue weighted by Gasteiger charge is -2.27. The van der Waals surface area contributed by atoms with Gasteiger partial charge < -0.3 is 15.7 Å². The highest BCUT2D eigenvalue weighted by Gasteiger charge is 2.27. The minimum atomic E-state index is -4.24. The van der Waals surface area contributed by atoms with Crippen LogP contribution in [0.1, 0.15) is 32.1 Å². The number of carbonyl (C=O) groups excluding carboxylic acids is 1. The van der Waals surface area contributed by atoms with E-state index in [1.54, 1.807) is 0 Å². The summed E-state index contributed by atoms with van der Waals surface area (Å²) < 4.78 is 35.6. The number of nitrogens with one attached hydrogen (secondary N) is 2. The van der Waals surface area contributed by atoms with Crippen LogP contribution in [0.4, 0.5) is 18.0 Å². The van der Waals surface area contributed by atoms with Gasteiger partial charge in [0, 0.05) is 19.2 Å². The first kappa shape index (κ1) is 15.1. The van der Waals surface area contributed by atoms with E-state index in [1.165, 1.54) is 0 Å². The molecule has 0 unspecified atom stereocenters. The van der Waals surface area contributed by atoms with Crippen LogP contribution in [0.25, 0.3) is 0 Å². The van der Waals surface area contributed by atoms with Crippen molar-refractivity contribution in [3.63, 3.8) is 0 Å². The maximum atomic E-state index is 11.9. The molecule has 1 saturated carbocycles. The van der Waals surface area contributed by atoms with E-state index in [4.69, 9.17) is 5.11 Å². The van der Waals surface area contributed by atoms with Gasteiger partial charge in [-0.25, -0.2) is 4.79 Å². The van der Waals surface area contributed by atoms with Gasteiger partial charge >= 0.3 is 12.2 Å². The molecule has 1 aliphatic rings. The quantitative estimate of drug-likeness (QED) is 0.728. The van der Waals surface area contributed by atoms with E-state index < -0.39 is 25.2 Å². The SMILES string of the molecule is O=C(NCCC(F)(F)F)NC1CCC(CO)CC1. The van der Waals surface area contributed by atoms with Crippen molar-refractivity contribution in [3.05, 3.63) is 0 Å². The molecule has 3 N–H and O–H groups in total. The second-order valence-corrected chi connectivity index (χ2v) is 4.67. The minimum absolute atomic E-state index is 0.00122. The second kappa shape index (κ2) is 6.82. The highest BCUT2D eigenvalue weighted by atomic mass is 19.4. The lowest BCUT2D eigenvalue weighted by atomic mass is 9.87. The molecule has 0 heterocycles. The third-order valence-corrected chi connectivity index (χ3v) is 3.13. The Morgan fingerprint density at radius 3 is 2.33 bits per heavy atom. The molecule has 4 nitrogen and oxygen atoms in total. The Hall–Kier alpha value is -0.980. The smallest absolute Gasteiger partial charge is 0.390 e. The number of hydrogen-bond donors (Lipinski definition) is 3. The first-order valence-electron chi connectivity index (χ1n) is 6.12. The van der Waals surface area contributed by atoms with Crippen LogP contribution in [0.2, 0.25) is 0 Å². The van der Waals surface area contributed by atoms with Gasteiger partial charge in [-0.3, -0.25) is 0 Å². The van der Waals surface area contributed by atoms with Gasteiger partial charge in [-0.2, -0.15) is 13.2 Å². The molecule has 1 rings (SSSR count). The zero-order chi connectivity index (χ0) is 13.6. The lowest BCUT2D eigenvalue weighted by molar-refractivity contribution is -0.132. The number of alkyl halides is 3. The van der Waals surface area contributed by atoms with E-state index >= 15 is 0 Å². The first-order valence-corrected chi connectivity index (χ1v) is 6.12. The van der Waals surface area contributed by atoms with Crippen molar-refractivity contribution < 1.29 is 23.1 Å². The number of hydrogen-bond acceptors (Lipinski definition) is 2. The van der Waals surface area contributed by atoms with E-state index in [0.717, 1.165) is 25.7 Å². The van der Waals surface area contributed by atoms with Gasteiger partial charge in [0.15, 0.2) is 0 Å². The van der Waals surface area contributed by atoms with Crippen LogP contribution in [-0.2, 0) is 0 Å². The van der Waals surface area contributed by atoms with Gasteiger partial charge in [0.05, 0.1) is 6.42 Å². The number of urea groups is 1. The maximum Gasteiger partial charge on any atom is 0.390 e. The molecule has 0 aromatic carbocycles. The fourth-order valence-electron chi connectivity index (χ4n) is 2.04. The van der Waals surface area contributed by atoms with Gasteiger partial charge in [0.1, 0.15) is 0 Å². The van der Waals surface area contributed by atoms with E-state index in [1.807, 2.05) is 0 Å². The van der Waals surface area contributed by atoms with Crippen molar-refractivity contribution in [2.45, 2.75) is 44.3 Å². The van der Waals surface area contributed by atoms with Crippen molar-refractivity contribution >= 4 is 6.03 Å². The lowest BCUT2D eigenvalue weighted by Crippen LogP contribution is -2.44. The van der Waals surface area contributed by atoms with Crippen LogP contribution >= 0.6 is 0 Å². The first-order chi connectivity index (χ1) is 8.40. The van der Waals surface area contributed by atoms with Gasteiger partial charge in [-0.1, -0.05) is 0 Å². The molecular formula is C11H19F3N2O2. The van der Waals surface area contributed by atoms with Gasteiger partial charge in [-0.05, 0) is 31.6 Å². The van der Waals surface area contributed by atoms with Crippen molar-refractivity contribution in [3.8, 4) is 0 Å². The number of rotatable bonds is 4. The van der Waals surface area contributed by atoms with E-state index in [9.17, 15) is 18.0 Å². The van der Waals surface area contributed by atoms with E-state index in [-0.39, 0.29) is 18.6 Å². The van der Waals surface area contributed by atoms with Crippen molar-refractivity contribution in [2.75, 3.05) is 13.2 Å². The Bertz CT molecular complexity index is 264. The summed E-state index contributed by atoms with van der Waals surface area (Å²) in [5.74, 6) is 0.288. The van der Waals surface area contributed by atoms with Crippen LogP contribution in [0.3, 0.4) is 0 Å². The van der Waals surface area contributed by atoms with Gasteiger partial charge in [0.2, 0.25) is 0 Å². The molecule has 106 valence electrons. The summed E-state index contributed by atoms with van der Waals surface area (Å²) in [4.78, 5) is 11.3. The summed E-state index contributed by atoms with van der Waals surface area (Å²) in [6.45, 7) is -0.244. The molecule has 0 radical (unpaired) electrons. The molecule has 0 saturated heterocycles. The Labute approximate surface area is 104 Å². The number of amides is 2. The molecule has 7 heteroatoms. The van der Waals surface area contributed by atoms with Crippen molar-refractivity contribution in [1.82, 2.24) is 10.6 Å². The summed E-state index contributed by atoms with van der Waals surface area (Å²) in [5.41, 5.74) is 0. The van der Waals surface area contributed by atoms with Crippen LogP contribution in [-0.4, -0.2) is 36.5 Å². The van der Waals surface area contributed by atoms with Crippen molar-refractivity contribution in [1.29, 1.82) is 0 Å². The normalized spacial score (nSPS) is 24.7. The number of aliphatic hydroxyl groups excluding tert-OH is 1. The molecule has 0 aromatic rings. The second-order valence-electron chi connectivity index (χ2n) is 4.67. The zero-order valence-electron chi connectivity index (χ0n) is 10.1. The summed E-state index contributed by atoms with van der Waals surface area (Å²) >= 11 is 0. The highest BCUT2D eigenvalue weighted by molar-refractivity contribution is 5.74. The monoisotopic (exact) mass is 268 g/mol. The molecule has 1 aliphatic carbocycles. The predicted molar refractivity (Wildman–Crippen MR) is 60.0 cm³/mol. The predicted octanol–water partition coefficient (Wildman–Crippen LogP) is 1.79. The summed E-state index contributed by atoms with van der Waals surface area (Å²) in [6, 6.07) is -0.551. The molecule has 0 aromatic heterocycles. The highest BCUT2D eigenvalue weighted by Crippen LogP contribution is 2.23. The van der Waals surface area contributed by atoms with Crippen LogP contribution in [0, 0.1) is 5.92 Å². The Balaban J connectivity index is 2.13. The minimum Gasteiger partial charge on any atom is -0.396 e. The van der Waals surface area contributed by atoms with Gasteiger partial charge in [0.25, 0.3) is 0 Å². The average molecular weight is 268 g/mol. The Kier molecular flexibility index (Phi) is 5.71. The zero-order valence-corrected chi connectivity index (χ0v) is 10.1.